The van der Waals surface area contributed by atoms with Crippen LogP contribution in [0.5, 0.6) is 0 Å². The molecule has 0 aromatic heterocycles. The van der Waals surface area contributed by atoms with Crippen molar-refractivity contribution in [3.63, 3.8) is 0 Å². The number of anilines is 13. The van der Waals surface area contributed by atoms with Crippen molar-refractivity contribution in [1.29, 1.82) is 0 Å². The van der Waals surface area contributed by atoms with Gasteiger partial charge in [0.2, 0.25) is 20.1 Å². The lowest BCUT2D eigenvalue weighted by Gasteiger charge is -2.52. The quantitative estimate of drug-likeness (QED) is 0.125. The highest BCUT2D eigenvalue weighted by Crippen LogP contribution is 2.55. The number of fused-ring (bicyclic) bond motifs is 24. The second kappa shape index (κ2) is 14.5. The topological polar surface area (TPSA) is 37.0 Å². The second-order valence-corrected chi connectivity index (χ2v) is 23.9. The van der Waals surface area contributed by atoms with Gasteiger partial charge in [0.15, 0.2) is 14.6 Å². The molecule has 2 N–H and O–H groups in total. The van der Waals surface area contributed by atoms with Crippen molar-refractivity contribution in [3.8, 4) is 0 Å². The molecule has 21 rings (SSSR count). The zero-order chi connectivity index (χ0) is 52.4. The molecule has 0 amide bonds. The second-order valence-electron chi connectivity index (χ2n) is 23.9. The molecule has 6 nitrogen and oxygen atoms in total. The lowest BCUT2D eigenvalue weighted by molar-refractivity contribution is 1.07. The number of benzene rings is 11. The van der Waals surface area contributed by atoms with Gasteiger partial charge in [-0.05, 0) is 126 Å². The molecular weight excluding hydrogens is 978 g/mol. The maximum absolute atomic E-state index is 4.40. The monoisotopic (exact) mass is 1020 g/mol. The van der Waals surface area contributed by atoms with Gasteiger partial charge in [-0.1, -0.05) is 163 Å². The molecule has 0 saturated heterocycles. The minimum absolute atomic E-state index is 0.0385. The summed E-state index contributed by atoms with van der Waals surface area (Å²) in [7, 11) is 5.17. The molecule has 0 saturated carbocycles. The maximum Gasteiger partial charge on any atom is 0.252 e. The first kappa shape index (κ1) is 42.5. The lowest BCUT2D eigenvalue weighted by atomic mass is 9.29. The van der Waals surface area contributed by atoms with Crippen LogP contribution in [0.4, 0.5) is 73.9 Å². The summed E-state index contributed by atoms with van der Waals surface area (Å²) in [5.41, 5.74) is 36.6. The third-order valence-electron chi connectivity index (χ3n) is 20.5. The van der Waals surface area contributed by atoms with E-state index in [2.05, 4.69) is 240 Å². The normalized spacial score (nSPS) is 16.3. The molecule has 10 aliphatic rings. The van der Waals surface area contributed by atoms with Crippen LogP contribution in [0.15, 0.2) is 206 Å². The van der Waals surface area contributed by atoms with Gasteiger partial charge in [-0.25, -0.2) is 0 Å². The zero-order valence-corrected chi connectivity index (χ0v) is 44.3. The van der Waals surface area contributed by atoms with Crippen LogP contribution in [0.2, 0.25) is 0 Å². The van der Waals surface area contributed by atoms with E-state index < -0.39 is 0 Å². The van der Waals surface area contributed by atoms with Crippen LogP contribution in [0.1, 0.15) is 6.92 Å². The van der Waals surface area contributed by atoms with Crippen molar-refractivity contribution in [3.05, 3.63) is 206 Å². The molecule has 81 heavy (non-hydrogen) atoms. The van der Waals surface area contributed by atoms with Gasteiger partial charge in [0.1, 0.15) is 0 Å². The Kier molecular flexibility index (Phi) is 7.62. The van der Waals surface area contributed by atoms with Gasteiger partial charge in [-0.3, -0.25) is 0 Å². The summed E-state index contributed by atoms with van der Waals surface area (Å²) >= 11 is 0. The molecule has 0 bridgehead atoms. The average molecular weight is 1020 g/mol. The molecule has 10 aliphatic heterocycles. The highest BCUT2D eigenvalue weighted by atomic mass is 15.2. The standard InChI is InChI=1S/C69H42B6N6/c1-3-4-28-46-36(2)74-42-24-10-17-32-50(42)80-47-29-14-5-19-37(47)70-58-52-54-55(64-60-56(52)66(62(74)68(58)80)78(46)34-72(60)39-21-7-12-26-44(39)76-64)53-57-61-65(54)77-45-27-13-8-22-40(45)73(61)35-79-49-31-16-9-23-41(49)75-43-25-11-18-33-51(43)81-48-30-15-6-20-38(48)71-59(53)69(81)63(75)67(57)79/h3-33,76-77H,1,34-35H2,2H3/b28-4-. The molecule has 11 aromatic rings. The van der Waals surface area contributed by atoms with Gasteiger partial charge >= 0.3 is 0 Å². The van der Waals surface area contributed by atoms with Crippen LogP contribution in [-0.4, -0.2) is 54.3 Å². The highest BCUT2D eigenvalue weighted by Gasteiger charge is 2.54. The minimum atomic E-state index is 0.0385. The zero-order valence-electron chi connectivity index (χ0n) is 44.3. The summed E-state index contributed by atoms with van der Waals surface area (Å²) < 4.78 is 0. The summed E-state index contributed by atoms with van der Waals surface area (Å²) in [6.45, 7) is 6.84. The van der Waals surface area contributed by atoms with Crippen molar-refractivity contribution in [2.75, 3.05) is 43.1 Å². The van der Waals surface area contributed by atoms with Crippen molar-refractivity contribution >= 4 is 219 Å². The van der Waals surface area contributed by atoms with Crippen LogP contribution in [0.25, 0.3) is 32.3 Å². The molecule has 0 fully saturated rings. The lowest BCUT2D eigenvalue weighted by Crippen LogP contribution is -2.68. The molecule has 0 unspecified atom stereocenters. The van der Waals surface area contributed by atoms with Gasteiger partial charge in [0.05, 0.1) is 0 Å². The Hall–Kier alpha value is -9.39. The number of nitrogens with zero attached hydrogens (tertiary/aromatic N) is 4. The first-order valence-corrected chi connectivity index (χ1v) is 28.9. The van der Waals surface area contributed by atoms with Gasteiger partial charge < -0.3 is 30.2 Å². The first-order chi connectivity index (χ1) is 40.1. The number of rotatable bonds is 2. The Morgan fingerprint density at radius 2 is 0.864 bits per heavy atom. The largest absolute Gasteiger partial charge is 0.356 e. The number of para-hydroxylation sites is 7. The molecule has 0 aliphatic carbocycles. The van der Waals surface area contributed by atoms with Crippen LogP contribution >= 0.6 is 0 Å². The maximum atomic E-state index is 4.40. The van der Waals surface area contributed by atoms with E-state index in [0.29, 0.717) is 0 Å². The summed E-state index contributed by atoms with van der Waals surface area (Å²) in [4.78, 5) is 10.8. The Bertz CT molecular complexity index is 5030. The van der Waals surface area contributed by atoms with E-state index in [0.717, 1.165) is 12.9 Å². The highest BCUT2D eigenvalue weighted by molar-refractivity contribution is 7.03. The summed E-state index contributed by atoms with van der Waals surface area (Å²) in [6, 6.07) is 64.7. The fraction of sp³-hybridized carbons (Fsp3) is 0.0435. The Balaban J connectivity index is 1.05. The average Bonchev–Trinajstić information content (AvgIpc) is 2.64. The fourth-order valence-electron chi connectivity index (χ4n) is 17.8. The summed E-state index contributed by atoms with van der Waals surface area (Å²) in [6.07, 6.45) is 8.08. The number of hydrogen-bond acceptors (Lipinski definition) is 6. The van der Waals surface area contributed by atoms with Crippen LogP contribution in [0, 0.1) is 0 Å². The smallest absolute Gasteiger partial charge is 0.252 e. The van der Waals surface area contributed by atoms with E-state index in [9.17, 15) is 0 Å². The van der Waals surface area contributed by atoms with Crippen molar-refractivity contribution < 1.29 is 0 Å². The molecule has 0 atom stereocenters. The van der Waals surface area contributed by atoms with Gasteiger partial charge in [0.25, 0.3) is 6.71 Å². The summed E-state index contributed by atoms with van der Waals surface area (Å²) in [5, 5.41) is 16.8. The molecule has 11 aromatic carbocycles. The Labute approximate surface area is 471 Å². The van der Waals surface area contributed by atoms with Crippen LogP contribution in [0.3, 0.4) is 0 Å². The Morgan fingerprint density at radius 1 is 0.432 bits per heavy atom. The minimum Gasteiger partial charge on any atom is -0.356 e. The third-order valence-corrected chi connectivity index (χ3v) is 20.5. The number of hydrogen-bond donors (Lipinski definition) is 2. The van der Waals surface area contributed by atoms with Crippen molar-refractivity contribution in [2.45, 2.75) is 6.92 Å². The van der Waals surface area contributed by atoms with Gasteiger partial charge in [-0.15, -0.1) is 0 Å². The van der Waals surface area contributed by atoms with Crippen LogP contribution in [-0.2, 0) is 0 Å². The SMILES string of the molecule is C=C/C=C\C1=C(C)B2c3ccccc3N3c4ccccc4[B]c4c3c2c2c3c5c(c6c7c8c9c%10c%11c7c7c(c6c43)Nc3ccccc3B7CN%11c3ccccc3B%10c3ccccc3N9c3ccccc3[B]8)Nc3ccccc3B5CN12. The predicted molar refractivity (Wildman–Crippen MR) is 350 cm³/mol. The fourth-order valence-corrected chi connectivity index (χ4v) is 17.8. The summed E-state index contributed by atoms with van der Waals surface area (Å²) in [5.74, 6) is 0. The molecule has 10 heterocycles. The number of allylic oxidation sites excluding steroid dienone is 4. The van der Waals surface area contributed by atoms with E-state index in [1.54, 1.807) is 0 Å². The molecule has 12 heteroatoms. The van der Waals surface area contributed by atoms with E-state index in [1.165, 1.54) is 188 Å². The van der Waals surface area contributed by atoms with Crippen molar-refractivity contribution in [2.24, 2.45) is 0 Å². The number of nitrogens with one attached hydrogen (secondary N) is 2. The first-order valence-electron chi connectivity index (χ1n) is 28.9. The molecular formula is C69H42B6N6. The third kappa shape index (κ3) is 4.78. The van der Waals surface area contributed by atoms with Gasteiger partial charge in [-0.2, -0.15) is 0 Å². The van der Waals surface area contributed by atoms with Crippen molar-refractivity contribution in [1.82, 2.24) is 0 Å². The molecule has 366 valence electrons. The van der Waals surface area contributed by atoms with Crippen LogP contribution < -0.4 is 101 Å². The Morgan fingerprint density at radius 3 is 1.42 bits per heavy atom. The van der Waals surface area contributed by atoms with E-state index in [-0.39, 0.29) is 26.9 Å². The van der Waals surface area contributed by atoms with Gasteiger partial charge in [0, 0.05) is 114 Å². The van der Waals surface area contributed by atoms with E-state index >= 15 is 0 Å². The van der Waals surface area contributed by atoms with E-state index in [1.807, 2.05) is 6.08 Å². The van der Waals surface area contributed by atoms with E-state index in [4.69, 9.17) is 0 Å². The predicted octanol–water partition coefficient (Wildman–Crippen LogP) is 6.04. The molecule has 2 radical (unpaired) electrons. The molecule has 0 spiro atoms.